The summed E-state index contributed by atoms with van der Waals surface area (Å²) in [7, 11) is 1.63. The Morgan fingerprint density at radius 3 is 2.09 bits per heavy atom. The van der Waals surface area contributed by atoms with Gasteiger partial charge in [0.1, 0.15) is 5.75 Å². The minimum atomic E-state index is 0.118. The lowest BCUT2D eigenvalue weighted by atomic mass is 10.0. The highest BCUT2D eigenvalue weighted by molar-refractivity contribution is 5.94. The molecule has 1 aromatic carbocycles. The average molecular weight is 312 g/mol. The fourth-order valence-electron chi connectivity index (χ4n) is 3.50. The molecule has 23 heavy (non-hydrogen) atoms. The molecule has 2 aromatic rings. The van der Waals surface area contributed by atoms with Crippen LogP contribution in [0.15, 0.2) is 36.4 Å². The monoisotopic (exact) mass is 312 g/mol. The normalized spacial score (nSPS) is 15.7. The lowest BCUT2D eigenvalue weighted by Crippen LogP contribution is -2.39. The van der Waals surface area contributed by atoms with E-state index in [0.29, 0.717) is 6.04 Å². The number of benzene rings is 1. The van der Waals surface area contributed by atoms with E-state index in [1.165, 1.54) is 11.4 Å². The lowest BCUT2D eigenvalue weighted by molar-refractivity contribution is 0.0693. The zero-order valence-electron chi connectivity index (χ0n) is 14.1. The zero-order chi connectivity index (χ0) is 16.4. The van der Waals surface area contributed by atoms with E-state index >= 15 is 0 Å². The number of ether oxygens (including phenoxy) is 1. The molecule has 1 aliphatic heterocycles. The van der Waals surface area contributed by atoms with Crippen molar-refractivity contribution in [2.75, 3.05) is 20.2 Å². The molecule has 4 nitrogen and oxygen atoms in total. The topological polar surface area (TPSA) is 34.5 Å². The number of aromatic nitrogens is 1. The number of amides is 1. The number of likely N-dealkylation sites (tertiary alicyclic amines) is 1. The van der Waals surface area contributed by atoms with Gasteiger partial charge in [-0.1, -0.05) is 0 Å². The van der Waals surface area contributed by atoms with Gasteiger partial charge in [-0.25, -0.2) is 0 Å². The standard InChI is InChI=1S/C19H24N2O2/c1-14-4-5-15(2)21(14)17-10-12-20(13-11-17)19(22)16-6-8-18(23-3)9-7-16/h4-9,17H,10-13H2,1-3H3. The molecule has 1 amide bonds. The molecule has 4 heteroatoms. The summed E-state index contributed by atoms with van der Waals surface area (Å²) in [5, 5.41) is 0. The van der Waals surface area contributed by atoms with E-state index in [-0.39, 0.29) is 5.91 Å². The molecule has 1 aliphatic rings. The first-order valence-electron chi connectivity index (χ1n) is 8.18. The van der Waals surface area contributed by atoms with Crippen LogP contribution in [0.25, 0.3) is 0 Å². The molecule has 0 spiro atoms. The van der Waals surface area contributed by atoms with Gasteiger partial charge in [0, 0.05) is 36.1 Å². The van der Waals surface area contributed by atoms with Gasteiger partial charge in [0.15, 0.2) is 0 Å². The van der Waals surface area contributed by atoms with Gasteiger partial charge in [0.25, 0.3) is 5.91 Å². The van der Waals surface area contributed by atoms with E-state index in [4.69, 9.17) is 4.74 Å². The van der Waals surface area contributed by atoms with Crippen LogP contribution in [-0.4, -0.2) is 35.6 Å². The van der Waals surface area contributed by atoms with Crippen molar-refractivity contribution in [1.82, 2.24) is 9.47 Å². The van der Waals surface area contributed by atoms with Gasteiger partial charge in [-0.2, -0.15) is 0 Å². The summed E-state index contributed by atoms with van der Waals surface area (Å²) in [4.78, 5) is 14.6. The molecule has 0 atom stereocenters. The first kappa shape index (κ1) is 15.7. The van der Waals surface area contributed by atoms with Crippen LogP contribution >= 0.6 is 0 Å². The van der Waals surface area contributed by atoms with Crippen LogP contribution in [0, 0.1) is 13.8 Å². The van der Waals surface area contributed by atoms with Gasteiger partial charge in [-0.15, -0.1) is 0 Å². The van der Waals surface area contributed by atoms with Crippen molar-refractivity contribution in [2.45, 2.75) is 32.7 Å². The van der Waals surface area contributed by atoms with Crippen LogP contribution in [0.1, 0.15) is 40.6 Å². The Morgan fingerprint density at radius 2 is 1.57 bits per heavy atom. The summed E-state index contributed by atoms with van der Waals surface area (Å²) >= 11 is 0. The van der Waals surface area contributed by atoms with Crippen LogP contribution in [0.2, 0.25) is 0 Å². The molecule has 0 radical (unpaired) electrons. The summed E-state index contributed by atoms with van der Waals surface area (Å²) in [6.45, 7) is 5.93. The third-order valence-electron chi connectivity index (χ3n) is 4.78. The fourth-order valence-corrected chi connectivity index (χ4v) is 3.50. The van der Waals surface area contributed by atoms with Crippen LogP contribution in [0.4, 0.5) is 0 Å². The maximum atomic E-state index is 12.6. The number of piperidine rings is 1. The number of carbonyl (C=O) groups excluding carboxylic acids is 1. The molecule has 1 fully saturated rings. The van der Waals surface area contributed by atoms with E-state index in [1.54, 1.807) is 7.11 Å². The molecular formula is C19H24N2O2. The van der Waals surface area contributed by atoms with E-state index < -0.39 is 0 Å². The molecule has 2 heterocycles. The molecule has 1 saturated heterocycles. The summed E-state index contributed by atoms with van der Waals surface area (Å²) in [5.74, 6) is 0.894. The SMILES string of the molecule is COc1ccc(C(=O)N2CCC(n3c(C)ccc3C)CC2)cc1. The summed E-state index contributed by atoms with van der Waals surface area (Å²) in [5.41, 5.74) is 3.35. The minimum absolute atomic E-state index is 0.118. The molecule has 0 unspecified atom stereocenters. The second kappa shape index (κ2) is 6.49. The zero-order valence-corrected chi connectivity index (χ0v) is 14.1. The maximum absolute atomic E-state index is 12.6. The van der Waals surface area contributed by atoms with E-state index in [2.05, 4.69) is 30.5 Å². The van der Waals surface area contributed by atoms with Crippen molar-refractivity contribution in [3.05, 3.63) is 53.3 Å². The van der Waals surface area contributed by atoms with Gasteiger partial charge in [0.05, 0.1) is 7.11 Å². The van der Waals surface area contributed by atoms with Crippen LogP contribution in [0.3, 0.4) is 0 Å². The number of hydrogen-bond donors (Lipinski definition) is 0. The van der Waals surface area contributed by atoms with E-state index in [0.717, 1.165) is 37.2 Å². The second-order valence-corrected chi connectivity index (χ2v) is 6.24. The van der Waals surface area contributed by atoms with Crippen molar-refractivity contribution >= 4 is 5.91 Å². The van der Waals surface area contributed by atoms with Gasteiger partial charge in [-0.3, -0.25) is 4.79 Å². The Hall–Kier alpha value is -2.23. The molecule has 0 aliphatic carbocycles. The first-order chi connectivity index (χ1) is 11.1. The molecule has 1 aromatic heterocycles. The molecule has 3 rings (SSSR count). The number of rotatable bonds is 3. The number of aryl methyl sites for hydroxylation is 2. The third kappa shape index (κ3) is 3.11. The van der Waals surface area contributed by atoms with Crippen LogP contribution < -0.4 is 4.74 Å². The van der Waals surface area contributed by atoms with Crippen molar-refractivity contribution in [1.29, 1.82) is 0 Å². The molecule has 0 N–H and O–H groups in total. The molecular weight excluding hydrogens is 288 g/mol. The minimum Gasteiger partial charge on any atom is -0.497 e. The van der Waals surface area contributed by atoms with Crippen LogP contribution in [-0.2, 0) is 0 Å². The van der Waals surface area contributed by atoms with Crippen LogP contribution in [0.5, 0.6) is 5.75 Å². The summed E-state index contributed by atoms with van der Waals surface area (Å²) in [6.07, 6.45) is 2.02. The number of methoxy groups -OCH3 is 1. The Morgan fingerprint density at radius 1 is 1.00 bits per heavy atom. The number of hydrogen-bond acceptors (Lipinski definition) is 2. The highest BCUT2D eigenvalue weighted by atomic mass is 16.5. The maximum Gasteiger partial charge on any atom is 0.253 e. The van der Waals surface area contributed by atoms with Gasteiger partial charge in [-0.05, 0) is 63.1 Å². The van der Waals surface area contributed by atoms with Crippen molar-refractivity contribution < 1.29 is 9.53 Å². The molecule has 0 saturated carbocycles. The Labute approximate surface area is 137 Å². The van der Waals surface area contributed by atoms with E-state index in [9.17, 15) is 4.79 Å². The molecule has 122 valence electrons. The lowest BCUT2D eigenvalue weighted by Gasteiger charge is -2.34. The quantitative estimate of drug-likeness (QED) is 0.868. The third-order valence-corrected chi connectivity index (χ3v) is 4.78. The Balaban J connectivity index is 1.65. The smallest absolute Gasteiger partial charge is 0.253 e. The predicted octanol–water partition coefficient (Wildman–Crippen LogP) is 3.59. The van der Waals surface area contributed by atoms with Gasteiger partial charge in [0.2, 0.25) is 0 Å². The largest absolute Gasteiger partial charge is 0.497 e. The van der Waals surface area contributed by atoms with Crippen molar-refractivity contribution in [3.63, 3.8) is 0 Å². The number of carbonyl (C=O) groups is 1. The Bertz CT molecular complexity index is 660. The summed E-state index contributed by atoms with van der Waals surface area (Å²) in [6, 6.07) is 12.2. The van der Waals surface area contributed by atoms with Gasteiger partial charge >= 0.3 is 0 Å². The second-order valence-electron chi connectivity index (χ2n) is 6.24. The fraction of sp³-hybridized carbons (Fsp3) is 0.421. The number of nitrogens with zero attached hydrogens (tertiary/aromatic N) is 2. The highest BCUT2D eigenvalue weighted by Crippen LogP contribution is 2.27. The Kier molecular flexibility index (Phi) is 4.42. The first-order valence-corrected chi connectivity index (χ1v) is 8.18. The van der Waals surface area contributed by atoms with Gasteiger partial charge < -0.3 is 14.2 Å². The van der Waals surface area contributed by atoms with Crippen molar-refractivity contribution in [3.8, 4) is 5.75 Å². The van der Waals surface area contributed by atoms with E-state index in [1.807, 2.05) is 29.2 Å². The van der Waals surface area contributed by atoms with Crippen molar-refractivity contribution in [2.24, 2.45) is 0 Å². The predicted molar refractivity (Wildman–Crippen MR) is 91.1 cm³/mol. The average Bonchev–Trinajstić information content (AvgIpc) is 2.93. The molecule has 0 bridgehead atoms. The highest BCUT2D eigenvalue weighted by Gasteiger charge is 2.25. The summed E-state index contributed by atoms with van der Waals surface area (Å²) < 4.78 is 7.56.